The predicted octanol–water partition coefficient (Wildman–Crippen LogP) is 17.3. The van der Waals surface area contributed by atoms with E-state index >= 15 is 0 Å². The van der Waals surface area contributed by atoms with Gasteiger partial charge in [-0.1, -0.05) is 188 Å². The smallest absolute Gasteiger partial charge is 0.164 e. The maximum absolute atomic E-state index is 6.83. The van der Waals surface area contributed by atoms with Crippen LogP contribution in [0.15, 0.2) is 235 Å². The Morgan fingerprint density at radius 2 is 0.814 bits per heavy atom. The highest BCUT2D eigenvalue weighted by atomic mass is 16.3. The number of nitrogens with zero attached hydrogens (tertiary/aromatic N) is 4. The molecule has 15 aromatic rings. The molecular formula is C65H38N4O. The van der Waals surface area contributed by atoms with Gasteiger partial charge in [0.1, 0.15) is 11.2 Å². The molecule has 5 heteroatoms. The number of benzene rings is 12. The van der Waals surface area contributed by atoms with Gasteiger partial charge in [0.2, 0.25) is 0 Å². The van der Waals surface area contributed by atoms with Gasteiger partial charge in [-0.25, -0.2) is 15.0 Å². The fraction of sp³-hybridized carbons (Fsp3) is 0. The lowest BCUT2D eigenvalue weighted by molar-refractivity contribution is 0.670. The topological polar surface area (TPSA) is 56.7 Å². The van der Waals surface area contributed by atoms with Crippen LogP contribution in [0.5, 0.6) is 0 Å². The summed E-state index contributed by atoms with van der Waals surface area (Å²) in [6, 6.07) is 82.3. The highest BCUT2D eigenvalue weighted by molar-refractivity contribution is 6.16. The van der Waals surface area contributed by atoms with E-state index in [1.807, 2.05) is 6.07 Å². The average molecular weight is 891 g/mol. The van der Waals surface area contributed by atoms with Crippen molar-refractivity contribution in [2.75, 3.05) is 0 Å². The maximum atomic E-state index is 6.83. The van der Waals surface area contributed by atoms with E-state index in [1.54, 1.807) is 0 Å². The van der Waals surface area contributed by atoms with Crippen molar-refractivity contribution in [3.63, 3.8) is 0 Å². The van der Waals surface area contributed by atoms with Crippen molar-refractivity contribution >= 4 is 97.6 Å². The second-order valence-electron chi connectivity index (χ2n) is 18.3. The Morgan fingerprint density at radius 1 is 0.286 bits per heavy atom. The minimum absolute atomic E-state index is 0.577. The summed E-state index contributed by atoms with van der Waals surface area (Å²) in [5, 5.41) is 16.2. The van der Waals surface area contributed by atoms with Crippen molar-refractivity contribution in [2.24, 2.45) is 0 Å². The lowest BCUT2D eigenvalue weighted by Gasteiger charge is -2.17. The van der Waals surface area contributed by atoms with Gasteiger partial charge in [0.15, 0.2) is 17.5 Å². The van der Waals surface area contributed by atoms with Crippen LogP contribution in [0.3, 0.4) is 0 Å². The lowest BCUT2D eigenvalue weighted by atomic mass is 9.96. The molecule has 15 rings (SSSR count). The summed E-state index contributed by atoms with van der Waals surface area (Å²) in [7, 11) is 0. The Labute approximate surface area is 401 Å². The van der Waals surface area contributed by atoms with E-state index in [4.69, 9.17) is 19.4 Å². The van der Waals surface area contributed by atoms with Gasteiger partial charge in [-0.3, -0.25) is 0 Å². The van der Waals surface area contributed by atoms with Crippen molar-refractivity contribution < 1.29 is 4.42 Å². The molecule has 0 bridgehead atoms. The monoisotopic (exact) mass is 890 g/mol. The largest absolute Gasteiger partial charge is 0.455 e. The SMILES string of the molecule is c1ccc2cc3c(cc2c1)c1ccccc1n3-c1ccc(-c2nc(-c3cccc4c3ccc3ccccc34)nc(-c3cccc4c3ccc3ccccc34)n2)cc1-c1cccc2c1oc1ccccc12. The Balaban J connectivity index is 1.03. The molecule has 3 heterocycles. The van der Waals surface area contributed by atoms with Crippen LogP contribution in [0.25, 0.3) is 149 Å². The molecule has 0 atom stereocenters. The first kappa shape index (κ1) is 38.6. The van der Waals surface area contributed by atoms with Crippen molar-refractivity contribution in [1.29, 1.82) is 0 Å². The van der Waals surface area contributed by atoms with Crippen LogP contribution in [0, 0.1) is 0 Å². The molecule has 0 radical (unpaired) electrons. The van der Waals surface area contributed by atoms with Gasteiger partial charge >= 0.3 is 0 Å². The fourth-order valence-electron chi connectivity index (χ4n) is 11.2. The van der Waals surface area contributed by atoms with E-state index in [-0.39, 0.29) is 0 Å². The summed E-state index contributed by atoms with van der Waals surface area (Å²) in [4.78, 5) is 16.3. The van der Waals surface area contributed by atoms with E-state index < -0.39 is 0 Å². The minimum atomic E-state index is 0.577. The standard InChI is InChI=1S/C65H38N4O/c1-2-17-42-38-60-56(36-41(42)16-1)50-20-7-9-28-58(50)69(60)59-35-32-43(37-57(59)53-25-13-24-52-51-21-8-10-29-61(51)70-62(52)53)63-66-64(54-26-11-22-46-44-18-5-3-14-39(44)30-33-48(46)54)68-65(67-63)55-27-12-23-47-45-19-6-4-15-40(45)31-34-49(47)55/h1-38H. The number of rotatable bonds is 5. The zero-order chi connectivity index (χ0) is 45.9. The van der Waals surface area contributed by atoms with Crippen molar-refractivity contribution in [3.8, 4) is 51.0 Å². The van der Waals surface area contributed by atoms with Crippen molar-refractivity contribution in [3.05, 3.63) is 231 Å². The van der Waals surface area contributed by atoms with Crippen LogP contribution in [0.1, 0.15) is 0 Å². The van der Waals surface area contributed by atoms with Crippen molar-refractivity contribution in [2.45, 2.75) is 0 Å². The molecule has 324 valence electrons. The molecule has 12 aromatic carbocycles. The predicted molar refractivity (Wildman–Crippen MR) is 291 cm³/mol. The quantitative estimate of drug-likeness (QED) is 0.162. The highest BCUT2D eigenvalue weighted by Crippen LogP contribution is 2.44. The Morgan fingerprint density at radius 3 is 1.50 bits per heavy atom. The van der Waals surface area contributed by atoms with Crippen LogP contribution in [-0.2, 0) is 0 Å². The van der Waals surface area contributed by atoms with E-state index in [0.29, 0.717) is 17.5 Å². The number of hydrogen-bond donors (Lipinski definition) is 0. The van der Waals surface area contributed by atoms with Gasteiger partial charge in [0.05, 0.1) is 16.7 Å². The van der Waals surface area contributed by atoms with Crippen LogP contribution in [0.2, 0.25) is 0 Å². The molecule has 3 aromatic heterocycles. The number of para-hydroxylation sites is 3. The molecule has 0 N–H and O–H groups in total. The molecule has 0 amide bonds. The zero-order valence-electron chi connectivity index (χ0n) is 37.6. The first-order valence-corrected chi connectivity index (χ1v) is 23.8. The molecule has 0 spiro atoms. The summed E-state index contributed by atoms with van der Waals surface area (Å²) >= 11 is 0. The number of aromatic nitrogens is 4. The minimum Gasteiger partial charge on any atom is -0.455 e. The van der Waals surface area contributed by atoms with Crippen LogP contribution < -0.4 is 0 Å². The third-order valence-corrected chi connectivity index (χ3v) is 14.4. The molecular weight excluding hydrogens is 853 g/mol. The van der Waals surface area contributed by atoms with Crippen LogP contribution in [0.4, 0.5) is 0 Å². The Kier molecular flexibility index (Phi) is 8.29. The van der Waals surface area contributed by atoms with Gasteiger partial charge in [-0.2, -0.15) is 0 Å². The second-order valence-corrected chi connectivity index (χ2v) is 18.3. The molecule has 0 fully saturated rings. The molecule has 0 aliphatic carbocycles. The Bertz CT molecular complexity index is 4540. The second kappa shape index (κ2) is 15.0. The van der Waals surface area contributed by atoms with E-state index in [1.165, 1.54) is 43.1 Å². The molecule has 0 aliphatic rings. The first-order valence-electron chi connectivity index (χ1n) is 23.8. The Hall–Kier alpha value is -9.45. The molecule has 0 unspecified atom stereocenters. The summed E-state index contributed by atoms with van der Waals surface area (Å²) in [6.45, 7) is 0. The van der Waals surface area contributed by atoms with Gasteiger partial charge in [-0.05, 0) is 96.3 Å². The number of hydrogen-bond acceptors (Lipinski definition) is 4. The highest BCUT2D eigenvalue weighted by Gasteiger charge is 2.23. The molecule has 0 saturated heterocycles. The van der Waals surface area contributed by atoms with Gasteiger partial charge < -0.3 is 8.98 Å². The van der Waals surface area contributed by atoms with Gasteiger partial charge in [0, 0.05) is 49.4 Å². The van der Waals surface area contributed by atoms with E-state index in [9.17, 15) is 0 Å². The number of furan rings is 1. The van der Waals surface area contributed by atoms with Crippen LogP contribution >= 0.6 is 0 Å². The van der Waals surface area contributed by atoms with Gasteiger partial charge in [0.25, 0.3) is 0 Å². The fourth-order valence-corrected chi connectivity index (χ4v) is 11.2. The van der Waals surface area contributed by atoms with Gasteiger partial charge in [-0.15, -0.1) is 0 Å². The third-order valence-electron chi connectivity index (χ3n) is 14.4. The molecule has 5 nitrogen and oxygen atoms in total. The molecule has 0 saturated carbocycles. The van der Waals surface area contributed by atoms with Crippen molar-refractivity contribution in [1.82, 2.24) is 19.5 Å². The summed E-state index contributed by atoms with van der Waals surface area (Å²) in [5.41, 5.74) is 9.68. The normalized spacial score (nSPS) is 12.0. The maximum Gasteiger partial charge on any atom is 0.164 e. The van der Waals surface area contributed by atoms with Crippen LogP contribution in [-0.4, -0.2) is 19.5 Å². The third kappa shape index (κ3) is 5.82. The first-order chi connectivity index (χ1) is 34.7. The summed E-state index contributed by atoms with van der Waals surface area (Å²) in [5.74, 6) is 1.80. The molecule has 0 aliphatic heterocycles. The molecule has 70 heavy (non-hydrogen) atoms. The van der Waals surface area contributed by atoms with E-state index in [2.05, 4.69) is 229 Å². The summed E-state index contributed by atoms with van der Waals surface area (Å²) in [6.07, 6.45) is 0. The number of fused-ring (bicyclic) bond motifs is 13. The zero-order valence-corrected chi connectivity index (χ0v) is 37.6. The van der Waals surface area contributed by atoms with E-state index in [0.717, 1.165) is 88.0 Å². The lowest BCUT2D eigenvalue weighted by Crippen LogP contribution is -2.02. The average Bonchev–Trinajstić information content (AvgIpc) is 3.97. The summed E-state index contributed by atoms with van der Waals surface area (Å²) < 4.78 is 9.25.